The maximum Gasteiger partial charge on any atom is 0.324 e. The molecule has 1 aromatic carbocycles. The molecule has 2 rings (SSSR count). The van der Waals surface area contributed by atoms with E-state index in [4.69, 9.17) is 0 Å². The van der Waals surface area contributed by atoms with Crippen LogP contribution in [0.1, 0.15) is 4.88 Å². The number of halogens is 3. The monoisotopic (exact) mass is 468 g/mol. The maximum atomic E-state index is 10.6. The fraction of sp³-hybridized carbons (Fsp3) is 0.0909. The zero-order valence-electron chi connectivity index (χ0n) is 9.32. The summed E-state index contributed by atoms with van der Waals surface area (Å²) in [6, 6.07) is 7.15. The Morgan fingerprint density at radius 2 is 1.84 bits per heavy atom. The molecule has 100 valence electrons. The van der Waals surface area contributed by atoms with Gasteiger partial charge in [-0.15, -0.1) is 0 Å². The molecule has 0 aliphatic carbocycles. The Morgan fingerprint density at radius 3 is 2.37 bits per heavy atom. The molecule has 19 heavy (non-hydrogen) atoms. The summed E-state index contributed by atoms with van der Waals surface area (Å²) in [5, 5.41) is 14.0. The molecule has 2 aromatic rings. The van der Waals surface area contributed by atoms with Crippen molar-refractivity contribution in [2.45, 2.75) is 6.54 Å². The molecule has 1 heterocycles. The van der Waals surface area contributed by atoms with Crippen LogP contribution in [0.3, 0.4) is 0 Å². The molecule has 0 radical (unpaired) electrons. The van der Waals surface area contributed by atoms with Crippen molar-refractivity contribution < 1.29 is 4.92 Å². The zero-order chi connectivity index (χ0) is 14.0. The summed E-state index contributed by atoms with van der Waals surface area (Å²) in [4.78, 5) is 11.1. The standard InChI is InChI=1S/C11H7Br3N2O2S/c12-6-3-8(13)11(9(14)4-6)15-5-7-1-2-10(19-7)16(17)18/h1-4,15H,5H2. The molecule has 0 aliphatic heterocycles. The highest BCUT2D eigenvalue weighted by atomic mass is 79.9. The summed E-state index contributed by atoms with van der Waals surface area (Å²) < 4.78 is 2.79. The Hall–Kier alpha value is -0.440. The number of hydrogen-bond donors (Lipinski definition) is 1. The first-order valence-electron chi connectivity index (χ1n) is 5.09. The van der Waals surface area contributed by atoms with E-state index in [2.05, 4.69) is 53.1 Å². The minimum absolute atomic E-state index is 0.158. The van der Waals surface area contributed by atoms with Crippen molar-refractivity contribution >= 4 is 69.8 Å². The van der Waals surface area contributed by atoms with Crippen LogP contribution in [0.5, 0.6) is 0 Å². The number of benzene rings is 1. The Bertz CT molecular complexity index is 607. The van der Waals surface area contributed by atoms with Crippen LogP contribution in [-0.4, -0.2) is 4.92 Å². The highest BCUT2D eigenvalue weighted by molar-refractivity contribution is 9.11. The van der Waals surface area contributed by atoms with Gasteiger partial charge in [-0.25, -0.2) is 0 Å². The van der Waals surface area contributed by atoms with Crippen LogP contribution >= 0.6 is 59.1 Å². The van der Waals surface area contributed by atoms with Crippen molar-refractivity contribution in [1.29, 1.82) is 0 Å². The quantitative estimate of drug-likeness (QED) is 0.470. The van der Waals surface area contributed by atoms with E-state index in [9.17, 15) is 10.1 Å². The average Bonchev–Trinajstić information content (AvgIpc) is 2.76. The van der Waals surface area contributed by atoms with Crippen molar-refractivity contribution in [2.75, 3.05) is 5.32 Å². The van der Waals surface area contributed by atoms with E-state index in [0.717, 1.165) is 24.0 Å². The second kappa shape index (κ2) is 6.34. The molecule has 0 saturated carbocycles. The number of rotatable bonds is 4. The largest absolute Gasteiger partial charge is 0.378 e. The second-order valence-corrected chi connectivity index (χ2v) is 7.37. The molecule has 0 atom stereocenters. The van der Waals surface area contributed by atoms with E-state index in [1.807, 2.05) is 12.1 Å². The molecule has 0 bridgehead atoms. The van der Waals surface area contributed by atoms with Gasteiger partial charge in [-0.1, -0.05) is 27.3 Å². The third kappa shape index (κ3) is 3.77. The van der Waals surface area contributed by atoms with Gasteiger partial charge < -0.3 is 5.32 Å². The average molecular weight is 471 g/mol. The Balaban J connectivity index is 2.12. The van der Waals surface area contributed by atoms with Gasteiger partial charge in [-0.3, -0.25) is 10.1 Å². The first-order chi connectivity index (χ1) is 8.97. The van der Waals surface area contributed by atoms with Gasteiger partial charge in [0.25, 0.3) is 0 Å². The SMILES string of the molecule is O=[N+]([O-])c1ccc(CNc2c(Br)cc(Br)cc2Br)s1. The lowest BCUT2D eigenvalue weighted by Gasteiger charge is -2.10. The van der Waals surface area contributed by atoms with Crippen LogP contribution in [0.15, 0.2) is 37.7 Å². The summed E-state index contributed by atoms with van der Waals surface area (Å²) >= 11 is 11.5. The molecular formula is C11H7Br3N2O2S. The number of nitro groups is 1. The van der Waals surface area contributed by atoms with Crippen LogP contribution in [0.4, 0.5) is 10.7 Å². The van der Waals surface area contributed by atoms with Gasteiger partial charge in [0.15, 0.2) is 0 Å². The van der Waals surface area contributed by atoms with Gasteiger partial charge >= 0.3 is 5.00 Å². The van der Waals surface area contributed by atoms with Crippen molar-refractivity contribution in [3.05, 3.63) is 52.7 Å². The number of thiophene rings is 1. The predicted molar refractivity (Wildman–Crippen MR) is 87.8 cm³/mol. The Kier molecular flexibility index (Phi) is 4.99. The highest BCUT2D eigenvalue weighted by Crippen LogP contribution is 2.35. The Morgan fingerprint density at radius 1 is 1.21 bits per heavy atom. The topological polar surface area (TPSA) is 55.2 Å². The number of nitrogens with zero attached hydrogens (tertiary/aromatic N) is 1. The van der Waals surface area contributed by atoms with Crippen LogP contribution in [0.25, 0.3) is 0 Å². The first-order valence-corrected chi connectivity index (χ1v) is 8.28. The lowest BCUT2D eigenvalue weighted by atomic mass is 10.3. The molecule has 1 aromatic heterocycles. The minimum Gasteiger partial charge on any atom is -0.378 e. The van der Waals surface area contributed by atoms with Crippen LogP contribution < -0.4 is 5.32 Å². The molecular weight excluding hydrogens is 464 g/mol. The first kappa shape index (κ1) is 15.0. The highest BCUT2D eigenvalue weighted by Gasteiger charge is 2.11. The molecule has 0 unspecified atom stereocenters. The molecule has 0 fully saturated rings. The van der Waals surface area contributed by atoms with E-state index < -0.39 is 0 Å². The normalized spacial score (nSPS) is 10.5. The lowest BCUT2D eigenvalue weighted by Crippen LogP contribution is -1.99. The number of hydrogen-bond acceptors (Lipinski definition) is 4. The van der Waals surface area contributed by atoms with E-state index >= 15 is 0 Å². The molecule has 0 aliphatic rings. The number of nitrogens with one attached hydrogen (secondary N) is 1. The van der Waals surface area contributed by atoms with E-state index in [0.29, 0.717) is 6.54 Å². The maximum absolute atomic E-state index is 10.6. The third-order valence-corrected chi connectivity index (χ3v) is 5.02. The Labute approximate surface area is 138 Å². The minimum atomic E-state index is -0.375. The fourth-order valence-corrected chi connectivity index (χ4v) is 4.75. The van der Waals surface area contributed by atoms with Gasteiger partial charge in [-0.2, -0.15) is 0 Å². The summed E-state index contributed by atoms with van der Waals surface area (Å²) in [6.07, 6.45) is 0. The van der Waals surface area contributed by atoms with Gasteiger partial charge in [0, 0.05) is 30.9 Å². The molecule has 0 amide bonds. The van der Waals surface area contributed by atoms with Crippen molar-refractivity contribution in [2.24, 2.45) is 0 Å². The molecule has 1 N–H and O–H groups in total. The van der Waals surface area contributed by atoms with Crippen LogP contribution in [0.2, 0.25) is 0 Å². The fourth-order valence-electron chi connectivity index (χ4n) is 1.45. The second-order valence-electron chi connectivity index (χ2n) is 3.60. The number of anilines is 1. The van der Waals surface area contributed by atoms with E-state index in [1.165, 1.54) is 17.4 Å². The summed E-state index contributed by atoms with van der Waals surface area (Å²) in [5.74, 6) is 0. The zero-order valence-corrected chi connectivity index (χ0v) is 14.9. The smallest absolute Gasteiger partial charge is 0.324 e. The molecule has 0 spiro atoms. The summed E-state index contributed by atoms with van der Waals surface area (Å²) in [6.45, 7) is 0.539. The van der Waals surface area contributed by atoms with E-state index in [-0.39, 0.29) is 9.92 Å². The van der Waals surface area contributed by atoms with Gasteiger partial charge in [0.05, 0.1) is 10.6 Å². The van der Waals surface area contributed by atoms with E-state index in [1.54, 1.807) is 6.07 Å². The van der Waals surface area contributed by atoms with Gasteiger partial charge in [0.2, 0.25) is 0 Å². The third-order valence-electron chi connectivity index (χ3n) is 2.27. The molecule has 8 heteroatoms. The van der Waals surface area contributed by atoms with Gasteiger partial charge in [-0.05, 0) is 50.1 Å². The summed E-state index contributed by atoms with van der Waals surface area (Å²) in [7, 11) is 0. The van der Waals surface area contributed by atoms with Crippen molar-refractivity contribution in [3.8, 4) is 0 Å². The van der Waals surface area contributed by atoms with Crippen LogP contribution in [0, 0.1) is 10.1 Å². The molecule has 4 nitrogen and oxygen atoms in total. The summed E-state index contributed by atoms with van der Waals surface area (Å²) in [5.41, 5.74) is 0.916. The predicted octanol–water partition coefficient (Wildman–Crippen LogP) is 5.56. The van der Waals surface area contributed by atoms with Crippen molar-refractivity contribution in [1.82, 2.24) is 0 Å². The van der Waals surface area contributed by atoms with Crippen LogP contribution in [-0.2, 0) is 6.54 Å². The van der Waals surface area contributed by atoms with Crippen molar-refractivity contribution in [3.63, 3.8) is 0 Å². The lowest BCUT2D eigenvalue weighted by molar-refractivity contribution is -0.380. The molecule has 0 saturated heterocycles. The van der Waals surface area contributed by atoms with Gasteiger partial charge in [0.1, 0.15) is 0 Å².